The zero-order valence-corrected chi connectivity index (χ0v) is 35.8. The fourth-order valence-electron chi connectivity index (χ4n) is 11.1. The van der Waals surface area contributed by atoms with Gasteiger partial charge in [-0.15, -0.1) is 0 Å². The van der Waals surface area contributed by atoms with Gasteiger partial charge in [0, 0.05) is 33.9 Å². The predicted molar refractivity (Wildman–Crippen MR) is 279 cm³/mol. The lowest BCUT2D eigenvalue weighted by Gasteiger charge is -2.23. The second kappa shape index (κ2) is 14.4. The molecule has 0 radical (unpaired) electrons. The van der Waals surface area contributed by atoms with Crippen molar-refractivity contribution < 1.29 is 0 Å². The third kappa shape index (κ3) is 5.55. The summed E-state index contributed by atoms with van der Waals surface area (Å²) in [5.41, 5.74) is 18.9. The Kier molecular flexibility index (Phi) is 8.02. The molecule has 0 aliphatic heterocycles. The third-order valence-electron chi connectivity index (χ3n) is 14.1. The Balaban J connectivity index is 1.03. The van der Waals surface area contributed by atoms with E-state index in [0.29, 0.717) is 0 Å². The van der Waals surface area contributed by atoms with E-state index >= 15 is 0 Å². The zero-order chi connectivity index (χ0) is 43.3. The van der Waals surface area contributed by atoms with Gasteiger partial charge in [-0.2, -0.15) is 0 Å². The summed E-state index contributed by atoms with van der Waals surface area (Å²) in [4.78, 5) is 10.00. The van der Waals surface area contributed by atoms with Gasteiger partial charge in [0.2, 0.25) is 0 Å². The van der Waals surface area contributed by atoms with Crippen molar-refractivity contribution in [3.8, 4) is 77.9 Å². The van der Waals surface area contributed by atoms with Crippen molar-refractivity contribution >= 4 is 64.9 Å². The topological polar surface area (TPSA) is 25.8 Å². The molecule has 304 valence electrons. The lowest BCUT2D eigenvalue weighted by Crippen LogP contribution is -1.97. The summed E-state index contributed by atoms with van der Waals surface area (Å²) < 4.78 is 0. The van der Waals surface area contributed by atoms with Gasteiger partial charge in [0.25, 0.3) is 0 Å². The Morgan fingerprint density at radius 2 is 0.485 bits per heavy atom. The molecule has 0 unspecified atom stereocenters. The number of nitrogens with zero attached hydrogens (tertiary/aromatic N) is 2. The number of aromatic nitrogens is 2. The average molecular weight is 835 g/mol. The maximum absolute atomic E-state index is 5.00. The van der Waals surface area contributed by atoms with E-state index in [0.717, 1.165) is 55.2 Å². The quantitative estimate of drug-likeness (QED) is 0.166. The smallest absolute Gasteiger partial charge is 0.0786 e. The Morgan fingerprint density at radius 1 is 0.182 bits per heavy atom. The highest BCUT2D eigenvalue weighted by atomic mass is 14.7. The van der Waals surface area contributed by atoms with Crippen LogP contribution in [0.1, 0.15) is 0 Å². The first-order valence-electron chi connectivity index (χ1n) is 22.7. The second-order valence-electron chi connectivity index (χ2n) is 17.6. The molecule has 1 aliphatic rings. The standard InChI is InChI=1S/C64H38N2/c1-2-14-46-45(13-1)47-15-3-4-17-49(47)55-28-25-39(36-60(55)54-22-10-7-16-48(46)54)42-33-43(40-26-29-56-50-18-5-8-20-52(50)58-23-11-31-65-63(58)61(56)37-40)35-44(34-42)41-27-30-57-51-19-6-9-21-53(51)59-24-12-32-66-64(59)62(57)38-41/h1-38H. The molecule has 13 aromatic rings. The van der Waals surface area contributed by atoms with E-state index in [1.54, 1.807) is 0 Å². The van der Waals surface area contributed by atoms with Crippen LogP contribution in [0.25, 0.3) is 143 Å². The maximum atomic E-state index is 5.00. The molecule has 2 nitrogen and oxygen atoms in total. The normalized spacial score (nSPS) is 11.9. The Hall–Kier alpha value is -8.72. The van der Waals surface area contributed by atoms with Crippen molar-refractivity contribution in [1.82, 2.24) is 9.97 Å². The van der Waals surface area contributed by atoms with E-state index in [1.807, 2.05) is 24.5 Å². The minimum atomic E-state index is 1.02. The third-order valence-corrected chi connectivity index (χ3v) is 14.1. The summed E-state index contributed by atoms with van der Waals surface area (Å²) in [5.74, 6) is 0. The highest BCUT2D eigenvalue weighted by Crippen LogP contribution is 2.49. The molecule has 0 spiro atoms. The van der Waals surface area contributed by atoms with Crippen LogP contribution < -0.4 is 0 Å². The van der Waals surface area contributed by atoms with E-state index < -0.39 is 0 Å². The summed E-state index contributed by atoms with van der Waals surface area (Å²) >= 11 is 0. The highest BCUT2D eigenvalue weighted by molar-refractivity contribution is 6.26. The number of benzene rings is 11. The van der Waals surface area contributed by atoms with Crippen LogP contribution in [0.15, 0.2) is 231 Å². The fourth-order valence-corrected chi connectivity index (χ4v) is 11.1. The number of hydrogen-bond acceptors (Lipinski definition) is 2. The summed E-state index contributed by atoms with van der Waals surface area (Å²) in [7, 11) is 0. The Morgan fingerprint density at radius 3 is 0.909 bits per heavy atom. The van der Waals surface area contributed by atoms with Crippen LogP contribution in [0.3, 0.4) is 0 Å². The van der Waals surface area contributed by atoms with Gasteiger partial charge in [-0.25, -0.2) is 0 Å². The highest BCUT2D eigenvalue weighted by Gasteiger charge is 2.23. The van der Waals surface area contributed by atoms with Gasteiger partial charge in [-0.3, -0.25) is 9.97 Å². The number of pyridine rings is 2. The first-order valence-corrected chi connectivity index (χ1v) is 22.7. The van der Waals surface area contributed by atoms with E-state index in [4.69, 9.17) is 9.97 Å². The van der Waals surface area contributed by atoms with E-state index in [9.17, 15) is 0 Å². The molecule has 66 heavy (non-hydrogen) atoms. The molecule has 14 rings (SSSR count). The summed E-state index contributed by atoms with van der Waals surface area (Å²) in [5, 5.41) is 12.0. The Bertz CT molecular complexity index is 3930. The number of hydrogen-bond donors (Lipinski definition) is 0. The number of fused-ring (bicyclic) bond motifs is 20. The van der Waals surface area contributed by atoms with Crippen molar-refractivity contribution in [2.45, 2.75) is 0 Å². The molecule has 0 atom stereocenters. The molecule has 2 aromatic heterocycles. The Labute approximate surface area is 381 Å². The molecule has 1 aliphatic carbocycles. The minimum Gasteiger partial charge on any atom is -0.256 e. The van der Waals surface area contributed by atoms with Gasteiger partial charge in [0.15, 0.2) is 0 Å². The van der Waals surface area contributed by atoms with Gasteiger partial charge >= 0.3 is 0 Å². The first kappa shape index (κ1) is 36.7. The van der Waals surface area contributed by atoms with Crippen LogP contribution >= 0.6 is 0 Å². The molecule has 0 bridgehead atoms. The van der Waals surface area contributed by atoms with E-state index in [-0.39, 0.29) is 0 Å². The summed E-state index contributed by atoms with van der Waals surface area (Å²) in [6, 6.07) is 80.6. The lowest BCUT2D eigenvalue weighted by atomic mass is 9.80. The van der Waals surface area contributed by atoms with Gasteiger partial charge in [0.1, 0.15) is 0 Å². The zero-order valence-electron chi connectivity index (χ0n) is 35.8. The summed E-state index contributed by atoms with van der Waals surface area (Å²) in [6.07, 6.45) is 3.83. The van der Waals surface area contributed by atoms with Crippen molar-refractivity contribution in [3.05, 3.63) is 231 Å². The monoisotopic (exact) mass is 834 g/mol. The lowest BCUT2D eigenvalue weighted by molar-refractivity contribution is 1.43. The fraction of sp³-hybridized carbons (Fsp3) is 0. The van der Waals surface area contributed by atoms with Gasteiger partial charge in [0.05, 0.1) is 11.0 Å². The van der Waals surface area contributed by atoms with E-state index in [2.05, 4.69) is 206 Å². The van der Waals surface area contributed by atoms with Crippen LogP contribution in [0.2, 0.25) is 0 Å². The van der Waals surface area contributed by atoms with Crippen LogP contribution in [0.5, 0.6) is 0 Å². The van der Waals surface area contributed by atoms with Crippen molar-refractivity contribution in [2.24, 2.45) is 0 Å². The molecule has 0 saturated heterocycles. The van der Waals surface area contributed by atoms with Crippen molar-refractivity contribution in [1.29, 1.82) is 0 Å². The second-order valence-corrected chi connectivity index (χ2v) is 17.6. The van der Waals surface area contributed by atoms with Crippen LogP contribution in [-0.2, 0) is 0 Å². The van der Waals surface area contributed by atoms with Crippen molar-refractivity contribution in [3.63, 3.8) is 0 Å². The van der Waals surface area contributed by atoms with Gasteiger partial charge < -0.3 is 0 Å². The molecule has 0 saturated carbocycles. The predicted octanol–water partition coefficient (Wildman–Crippen LogP) is 17.4. The average Bonchev–Trinajstić information content (AvgIpc) is 3.40. The molecule has 0 N–H and O–H groups in total. The van der Waals surface area contributed by atoms with Gasteiger partial charge in [-0.1, -0.05) is 170 Å². The van der Waals surface area contributed by atoms with E-state index in [1.165, 1.54) is 87.6 Å². The van der Waals surface area contributed by atoms with Crippen molar-refractivity contribution in [2.75, 3.05) is 0 Å². The van der Waals surface area contributed by atoms with Gasteiger partial charge in [-0.05, 0) is 159 Å². The summed E-state index contributed by atoms with van der Waals surface area (Å²) in [6.45, 7) is 0. The minimum absolute atomic E-state index is 1.02. The molecular formula is C64H38N2. The molecular weight excluding hydrogens is 797 g/mol. The first-order chi connectivity index (χ1) is 32.7. The molecule has 11 aromatic carbocycles. The molecule has 2 heteroatoms. The SMILES string of the molecule is c1ccc2c(c1)-c1ccccc1-c1ccc(-c3cc(-c4ccc5c6ccccc6c6cccnc6c5c4)cc(-c4ccc5c6ccccc6c6cccnc6c5c4)c3)cc1-c1ccccc1-2. The largest absolute Gasteiger partial charge is 0.256 e. The maximum Gasteiger partial charge on any atom is 0.0786 e. The van der Waals surface area contributed by atoms with Crippen LogP contribution in [0.4, 0.5) is 0 Å². The molecule has 2 heterocycles. The molecule has 0 amide bonds. The van der Waals surface area contributed by atoms with Crippen LogP contribution in [0, 0.1) is 0 Å². The molecule has 0 fully saturated rings. The number of rotatable bonds is 3. The van der Waals surface area contributed by atoms with Crippen LogP contribution in [-0.4, -0.2) is 9.97 Å².